The molecule has 0 unspecified atom stereocenters. The Kier molecular flexibility index (Phi) is 7.45. The number of nitrogens with one attached hydrogen (secondary N) is 1. The molecule has 0 saturated carbocycles. The van der Waals surface area contributed by atoms with E-state index in [0.717, 1.165) is 18.6 Å². The lowest BCUT2D eigenvalue weighted by molar-refractivity contribution is -0.134. The molecule has 3 heterocycles. The number of amides is 2. The first-order chi connectivity index (χ1) is 15.1. The molecular weight excluding hydrogens is 432 g/mol. The molecule has 2 fully saturated rings. The third-order valence-corrected chi connectivity index (χ3v) is 8.51. The normalized spacial score (nSPS) is 18.0. The third-order valence-electron chi connectivity index (χ3n) is 5.49. The van der Waals surface area contributed by atoms with Gasteiger partial charge in [0.25, 0.3) is 11.8 Å². The van der Waals surface area contributed by atoms with Crippen molar-refractivity contribution in [2.24, 2.45) is 7.05 Å². The lowest BCUT2D eigenvalue weighted by atomic mass is 10.0. The number of aryl methyl sites for hydroxylation is 1. The van der Waals surface area contributed by atoms with Crippen LogP contribution < -0.4 is 10.1 Å². The molecular formula is C22H28N4O3S2. The molecule has 0 radical (unpaired) electrons. The number of benzene rings is 1. The topological polar surface area (TPSA) is 76.5 Å². The van der Waals surface area contributed by atoms with Crippen molar-refractivity contribution in [2.45, 2.75) is 29.9 Å². The summed E-state index contributed by atoms with van der Waals surface area (Å²) < 4.78 is 7.84. The SMILES string of the molecule is Cn1cc(C(=O)NC2CCN(C(=O)COc3ccc(C4SCCCS4)cc3)CC2)cn1. The molecule has 0 spiro atoms. The Balaban J connectivity index is 1.19. The zero-order chi connectivity index (χ0) is 21.6. The van der Waals surface area contributed by atoms with Crippen molar-refractivity contribution in [3.05, 3.63) is 47.8 Å². The monoisotopic (exact) mass is 460 g/mol. The zero-order valence-electron chi connectivity index (χ0n) is 17.7. The third kappa shape index (κ3) is 5.98. The highest BCUT2D eigenvalue weighted by Crippen LogP contribution is 2.43. The molecule has 2 aromatic rings. The van der Waals surface area contributed by atoms with Crippen molar-refractivity contribution in [1.29, 1.82) is 0 Å². The van der Waals surface area contributed by atoms with Crippen LogP contribution in [0.3, 0.4) is 0 Å². The zero-order valence-corrected chi connectivity index (χ0v) is 19.3. The van der Waals surface area contributed by atoms with Gasteiger partial charge in [-0.3, -0.25) is 14.3 Å². The second-order valence-corrected chi connectivity index (χ2v) is 10.5. The Morgan fingerprint density at radius 3 is 2.52 bits per heavy atom. The molecule has 2 saturated heterocycles. The van der Waals surface area contributed by atoms with Crippen LogP contribution in [0.2, 0.25) is 0 Å². The van der Waals surface area contributed by atoms with Crippen LogP contribution in [-0.2, 0) is 11.8 Å². The average Bonchev–Trinajstić information content (AvgIpc) is 3.25. The molecule has 2 aliphatic heterocycles. The fourth-order valence-corrected chi connectivity index (χ4v) is 6.61. The summed E-state index contributed by atoms with van der Waals surface area (Å²) in [6.07, 6.45) is 6.02. The molecule has 7 nitrogen and oxygen atoms in total. The molecule has 9 heteroatoms. The Morgan fingerprint density at radius 1 is 1.16 bits per heavy atom. The molecule has 1 N–H and O–H groups in total. The van der Waals surface area contributed by atoms with E-state index < -0.39 is 0 Å². The predicted octanol–water partition coefficient (Wildman–Crippen LogP) is 3.09. The number of rotatable bonds is 6. The minimum absolute atomic E-state index is 0.0143. The molecule has 1 aromatic carbocycles. The maximum Gasteiger partial charge on any atom is 0.260 e. The quantitative estimate of drug-likeness (QED) is 0.714. The molecule has 4 rings (SSSR count). The second kappa shape index (κ2) is 10.5. The highest BCUT2D eigenvalue weighted by molar-refractivity contribution is 8.16. The van der Waals surface area contributed by atoms with Crippen molar-refractivity contribution in [3.8, 4) is 5.75 Å². The van der Waals surface area contributed by atoms with E-state index in [0.29, 0.717) is 23.2 Å². The number of carbonyl (C=O) groups excluding carboxylic acids is 2. The summed E-state index contributed by atoms with van der Waals surface area (Å²) in [6.45, 7) is 1.28. The van der Waals surface area contributed by atoms with Crippen LogP contribution in [0.4, 0.5) is 0 Å². The molecule has 2 amide bonds. The van der Waals surface area contributed by atoms with Crippen LogP contribution in [0.15, 0.2) is 36.7 Å². The number of piperidine rings is 1. The largest absolute Gasteiger partial charge is 0.484 e. The van der Waals surface area contributed by atoms with Gasteiger partial charge in [0.2, 0.25) is 0 Å². The lowest BCUT2D eigenvalue weighted by Crippen LogP contribution is -2.47. The smallest absolute Gasteiger partial charge is 0.260 e. The van der Waals surface area contributed by atoms with Gasteiger partial charge in [-0.2, -0.15) is 5.10 Å². The maximum atomic E-state index is 12.5. The molecule has 31 heavy (non-hydrogen) atoms. The van der Waals surface area contributed by atoms with Crippen LogP contribution in [0.5, 0.6) is 5.75 Å². The Bertz CT molecular complexity index is 888. The standard InChI is InChI=1S/C22H28N4O3S2/c1-25-14-17(13-23-25)21(28)24-18-7-9-26(10-8-18)20(27)15-29-19-5-3-16(4-6-19)22-30-11-2-12-31-22/h3-6,13-14,18,22H,2,7-12,15H2,1H3,(H,24,28). The summed E-state index contributed by atoms with van der Waals surface area (Å²) in [7, 11) is 1.78. The predicted molar refractivity (Wildman–Crippen MR) is 124 cm³/mol. The number of hydrogen-bond donors (Lipinski definition) is 1. The van der Waals surface area contributed by atoms with Crippen molar-refractivity contribution in [2.75, 3.05) is 31.2 Å². The van der Waals surface area contributed by atoms with E-state index in [2.05, 4.69) is 22.5 Å². The number of nitrogens with zero attached hydrogens (tertiary/aromatic N) is 3. The number of thioether (sulfide) groups is 2. The highest BCUT2D eigenvalue weighted by atomic mass is 32.2. The van der Waals surface area contributed by atoms with Gasteiger partial charge in [-0.25, -0.2) is 0 Å². The molecule has 166 valence electrons. The fraction of sp³-hybridized carbons (Fsp3) is 0.500. The highest BCUT2D eigenvalue weighted by Gasteiger charge is 2.25. The van der Waals surface area contributed by atoms with E-state index >= 15 is 0 Å². The molecule has 0 aliphatic carbocycles. The van der Waals surface area contributed by atoms with E-state index in [-0.39, 0.29) is 24.5 Å². The van der Waals surface area contributed by atoms with Gasteiger partial charge in [0.15, 0.2) is 6.61 Å². The van der Waals surface area contributed by atoms with Crippen molar-refractivity contribution >= 4 is 35.3 Å². The van der Waals surface area contributed by atoms with E-state index in [1.165, 1.54) is 23.5 Å². The summed E-state index contributed by atoms with van der Waals surface area (Å²) in [5.41, 5.74) is 1.87. The summed E-state index contributed by atoms with van der Waals surface area (Å²) in [5.74, 6) is 3.03. The Morgan fingerprint density at radius 2 is 1.87 bits per heavy atom. The van der Waals surface area contributed by atoms with Gasteiger partial charge in [0, 0.05) is 32.4 Å². The van der Waals surface area contributed by atoms with Gasteiger partial charge >= 0.3 is 0 Å². The van der Waals surface area contributed by atoms with Crippen molar-refractivity contribution < 1.29 is 14.3 Å². The van der Waals surface area contributed by atoms with E-state index in [4.69, 9.17) is 4.74 Å². The number of carbonyl (C=O) groups is 2. The first-order valence-corrected chi connectivity index (χ1v) is 12.7. The first kappa shape index (κ1) is 22.1. The summed E-state index contributed by atoms with van der Waals surface area (Å²) in [5, 5.41) is 7.06. The summed E-state index contributed by atoms with van der Waals surface area (Å²) in [6, 6.07) is 8.19. The van der Waals surface area contributed by atoms with Gasteiger partial charge in [-0.05, 0) is 48.5 Å². The Labute approximate surface area is 191 Å². The van der Waals surface area contributed by atoms with Gasteiger partial charge in [0.1, 0.15) is 5.75 Å². The first-order valence-electron chi connectivity index (χ1n) is 10.6. The van der Waals surface area contributed by atoms with Crippen LogP contribution in [0.1, 0.15) is 39.8 Å². The number of ether oxygens (including phenoxy) is 1. The van der Waals surface area contributed by atoms with Crippen LogP contribution >= 0.6 is 23.5 Å². The van der Waals surface area contributed by atoms with E-state index in [1.807, 2.05) is 40.6 Å². The lowest BCUT2D eigenvalue weighted by Gasteiger charge is -2.32. The number of hydrogen-bond acceptors (Lipinski definition) is 6. The van der Waals surface area contributed by atoms with Gasteiger partial charge in [-0.15, -0.1) is 23.5 Å². The van der Waals surface area contributed by atoms with E-state index in [9.17, 15) is 9.59 Å². The summed E-state index contributed by atoms with van der Waals surface area (Å²) in [4.78, 5) is 26.6. The molecule has 1 aromatic heterocycles. The van der Waals surface area contributed by atoms with Crippen molar-refractivity contribution in [3.63, 3.8) is 0 Å². The molecule has 0 bridgehead atoms. The van der Waals surface area contributed by atoms with Gasteiger partial charge < -0.3 is 15.0 Å². The number of likely N-dealkylation sites (tertiary alicyclic amines) is 1. The summed E-state index contributed by atoms with van der Waals surface area (Å²) >= 11 is 3.99. The Hall–Kier alpha value is -2.13. The second-order valence-electron chi connectivity index (χ2n) is 7.82. The van der Waals surface area contributed by atoms with Crippen LogP contribution in [0, 0.1) is 0 Å². The molecule has 0 atom stereocenters. The fourth-order valence-electron chi connectivity index (χ4n) is 3.72. The molecule has 2 aliphatic rings. The minimum Gasteiger partial charge on any atom is -0.484 e. The van der Waals surface area contributed by atoms with Gasteiger partial charge in [0.05, 0.1) is 16.3 Å². The number of aromatic nitrogens is 2. The van der Waals surface area contributed by atoms with Crippen LogP contribution in [-0.4, -0.2) is 63.7 Å². The van der Waals surface area contributed by atoms with E-state index in [1.54, 1.807) is 24.1 Å². The minimum atomic E-state index is -0.116. The average molecular weight is 461 g/mol. The van der Waals surface area contributed by atoms with Crippen molar-refractivity contribution in [1.82, 2.24) is 20.0 Å². The van der Waals surface area contributed by atoms with Gasteiger partial charge in [-0.1, -0.05) is 12.1 Å². The maximum absolute atomic E-state index is 12.5. The van der Waals surface area contributed by atoms with Crippen LogP contribution in [0.25, 0.3) is 0 Å².